The van der Waals surface area contributed by atoms with Crippen molar-refractivity contribution in [2.45, 2.75) is 6.54 Å². The van der Waals surface area contributed by atoms with Crippen LogP contribution in [0.25, 0.3) is 0 Å². The van der Waals surface area contributed by atoms with Gasteiger partial charge in [-0.15, -0.1) is 11.6 Å². The van der Waals surface area contributed by atoms with Crippen LogP contribution in [0.1, 0.15) is 0 Å². The molecule has 1 rings (SSSR count). The van der Waals surface area contributed by atoms with Crippen molar-refractivity contribution in [3.05, 3.63) is 22.9 Å². The Morgan fingerprint density at radius 2 is 2.23 bits per heavy atom. The molecule has 0 aliphatic carbocycles. The van der Waals surface area contributed by atoms with Crippen LogP contribution >= 0.6 is 11.6 Å². The highest BCUT2D eigenvalue weighted by Gasteiger charge is 1.98. The van der Waals surface area contributed by atoms with Gasteiger partial charge >= 0.3 is 5.69 Å². The summed E-state index contributed by atoms with van der Waals surface area (Å²) in [6.45, 7) is 1.64. The van der Waals surface area contributed by atoms with E-state index in [1.54, 1.807) is 24.0 Å². The third kappa shape index (κ3) is 2.90. The van der Waals surface area contributed by atoms with Gasteiger partial charge in [0.25, 0.3) is 0 Å². The van der Waals surface area contributed by atoms with Crippen LogP contribution < -0.4 is 5.69 Å². The minimum atomic E-state index is -0.0190. The van der Waals surface area contributed by atoms with E-state index in [2.05, 4.69) is 0 Å². The van der Waals surface area contributed by atoms with Crippen molar-refractivity contribution in [3.63, 3.8) is 0 Å². The minimum Gasteiger partial charge on any atom is -0.378 e. The van der Waals surface area contributed by atoms with E-state index in [0.717, 1.165) is 0 Å². The summed E-state index contributed by atoms with van der Waals surface area (Å²) in [4.78, 5) is 11.3. The first-order valence-electron chi connectivity index (χ1n) is 4.11. The Morgan fingerprint density at radius 3 is 2.77 bits per heavy atom. The molecule has 1 aromatic heterocycles. The van der Waals surface area contributed by atoms with Crippen molar-refractivity contribution in [2.75, 3.05) is 19.1 Å². The largest absolute Gasteiger partial charge is 0.378 e. The maximum atomic E-state index is 11.3. The predicted molar refractivity (Wildman–Crippen MR) is 51.2 cm³/mol. The summed E-state index contributed by atoms with van der Waals surface area (Å²) in [6.07, 6.45) is 3.47. The van der Waals surface area contributed by atoms with Gasteiger partial charge in [0.1, 0.15) is 0 Å². The van der Waals surface area contributed by atoms with Crippen molar-refractivity contribution < 1.29 is 4.74 Å². The summed E-state index contributed by atoms with van der Waals surface area (Å²) in [7, 11) is 1.72. The molecule has 0 aromatic carbocycles. The van der Waals surface area contributed by atoms with Gasteiger partial charge in [0.15, 0.2) is 0 Å². The molecule has 13 heavy (non-hydrogen) atoms. The van der Waals surface area contributed by atoms with Crippen LogP contribution in [0.3, 0.4) is 0 Å². The monoisotopic (exact) mass is 204 g/mol. The molecule has 4 nitrogen and oxygen atoms in total. The third-order valence-electron chi connectivity index (χ3n) is 1.72. The number of nitrogens with zero attached hydrogens (tertiary/aromatic N) is 2. The van der Waals surface area contributed by atoms with Crippen molar-refractivity contribution >= 4 is 11.6 Å². The maximum absolute atomic E-state index is 11.3. The Morgan fingerprint density at radius 1 is 1.46 bits per heavy atom. The lowest BCUT2D eigenvalue weighted by Crippen LogP contribution is -2.23. The molecule has 0 fully saturated rings. The van der Waals surface area contributed by atoms with Crippen LogP contribution in [0.15, 0.2) is 17.2 Å². The van der Waals surface area contributed by atoms with Gasteiger partial charge in [0.2, 0.25) is 0 Å². The van der Waals surface area contributed by atoms with Gasteiger partial charge in [0, 0.05) is 25.3 Å². The van der Waals surface area contributed by atoms with E-state index in [-0.39, 0.29) is 5.69 Å². The number of ether oxygens (including phenoxy) is 1. The number of hydrogen-bond acceptors (Lipinski definition) is 2. The highest BCUT2D eigenvalue weighted by Crippen LogP contribution is 1.85. The highest BCUT2D eigenvalue weighted by atomic mass is 35.5. The predicted octanol–water partition coefficient (Wildman–Crippen LogP) is 0.442. The Kier molecular flexibility index (Phi) is 4.05. The molecule has 1 aromatic rings. The molecule has 0 aliphatic heterocycles. The van der Waals surface area contributed by atoms with E-state index in [9.17, 15) is 4.79 Å². The zero-order chi connectivity index (χ0) is 9.68. The molecule has 0 saturated heterocycles. The first-order chi connectivity index (χ1) is 6.25. The smallest absolute Gasteiger partial charge is 0.327 e. The Bertz CT molecular complexity index is 305. The normalized spacial score (nSPS) is 10.6. The molecule has 0 N–H and O–H groups in total. The quantitative estimate of drug-likeness (QED) is 0.516. The minimum absolute atomic E-state index is 0.0190. The third-order valence-corrected chi connectivity index (χ3v) is 1.87. The van der Waals surface area contributed by atoms with Gasteiger partial charge in [-0.1, -0.05) is 0 Å². The Balaban J connectivity index is 2.37. The van der Waals surface area contributed by atoms with Crippen LogP contribution in [-0.2, 0) is 18.3 Å². The van der Waals surface area contributed by atoms with E-state index in [1.807, 2.05) is 0 Å². The number of hydrogen-bond donors (Lipinski definition) is 0. The van der Waals surface area contributed by atoms with Crippen molar-refractivity contribution in [1.29, 1.82) is 0 Å². The van der Waals surface area contributed by atoms with Crippen LogP contribution in [-0.4, -0.2) is 28.2 Å². The fourth-order valence-corrected chi connectivity index (χ4v) is 1.11. The summed E-state index contributed by atoms with van der Waals surface area (Å²) in [5.74, 6) is 0.490. The fraction of sp³-hybridized carbons (Fsp3) is 0.625. The van der Waals surface area contributed by atoms with E-state index >= 15 is 0 Å². The average molecular weight is 205 g/mol. The molecule has 0 spiro atoms. The molecule has 0 bridgehead atoms. The van der Waals surface area contributed by atoms with Crippen LogP contribution in [0.2, 0.25) is 0 Å². The average Bonchev–Trinajstić information content (AvgIpc) is 2.43. The number of halogens is 1. The SMILES string of the molecule is Cn1ccn(CCOCCCl)c1=O. The summed E-state index contributed by atoms with van der Waals surface area (Å²) in [6, 6.07) is 0. The molecule has 74 valence electrons. The molecular weight excluding hydrogens is 192 g/mol. The van der Waals surface area contributed by atoms with Crippen molar-refractivity contribution in [3.8, 4) is 0 Å². The number of rotatable bonds is 5. The van der Waals surface area contributed by atoms with Crippen LogP contribution in [0, 0.1) is 0 Å². The molecule has 0 unspecified atom stereocenters. The lowest BCUT2D eigenvalue weighted by atomic mass is 10.6. The standard InChI is InChI=1S/C8H13ClN2O2/c1-10-3-4-11(8(10)12)5-7-13-6-2-9/h3-4H,2,5-7H2,1H3. The fourth-order valence-electron chi connectivity index (χ4n) is 1.00. The lowest BCUT2D eigenvalue weighted by molar-refractivity contribution is 0.140. The number of imidazole rings is 1. The molecule has 5 heteroatoms. The van der Waals surface area contributed by atoms with E-state index < -0.39 is 0 Å². The molecule has 0 atom stereocenters. The molecule has 0 saturated carbocycles. The second-order valence-corrected chi connectivity index (χ2v) is 3.06. The summed E-state index contributed by atoms with van der Waals surface area (Å²) >= 11 is 5.42. The summed E-state index contributed by atoms with van der Waals surface area (Å²) in [5, 5.41) is 0. The van der Waals surface area contributed by atoms with Gasteiger partial charge in [-0.25, -0.2) is 4.79 Å². The van der Waals surface area contributed by atoms with Crippen LogP contribution in [0.4, 0.5) is 0 Å². The molecule has 0 aliphatic rings. The molecule has 0 radical (unpaired) electrons. The zero-order valence-corrected chi connectivity index (χ0v) is 8.33. The van der Waals surface area contributed by atoms with Gasteiger partial charge < -0.3 is 9.30 Å². The molecule has 0 amide bonds. The van der Waals surface area contributed by atoms with Crippen LogP contribution in [0.5, 0.6) is 0 Å². The Hall–Kier alpha value is -0.740. The van der Waals surface area contributed by atoms with Crippen molar-refractivity contribution in [1.82, 2.24) is 9.13 Å². The number of alkyl halides is 1. The number of aryl methyl sites for hydroxylation is 1. The first kappa shape index (κ1) is 10.3. The van der Waals surface area contributed by atoms with Gasteiger partial charge in [-0.2, -0.15) is 0 Å². The zero-order valence-electron chi connectivity index (χ0n) is 7.57. The van der Waals surface area contributed by atoms with E-state index in [4.69, 9.17) is 16.3 Å². The summed E-state index contributed by atoms with van der Waals surface area (Å²) in [5.41, 5.74) is -0.0190. The topological polar surface area (TPSA) is 36.2 Å². The molecule has 1 heterocycles. The maximum Gasteiger partial charge on any atom is 0.327 e. The second kappa shape index (κ2) is 5.09. The van der Waals surface area contributed by atoms with E-state index in [0.29, 0.717) is 25.6 Å². The van der Waals surface area contributed by atoms with Gasteiger partial charge in [-0.05, 0) is 0 Å². The Labute approximate surface area is 81.7 Å². The van der Waals surface area contributed by atoms with Gasteiger partial charge in [0.05, 0.1) is 19.8 Å². The summed E-state index contributed by atoms with van der Waals surface area (Å²) < 4.78 is 8.28. The first-order valence-corrected chi connectivity index (χ1v) is 4.64. The second-order valence-electron chi connectivity index (χ2n) is 2.69. The molecular formula is C8H13ClN2O2. The lowest BCUT2D eigenvalue weighted by Gasteiger charge is -2.01. The number of aromatic nitrogens is 2. The highest BCUT2D eigenvalue weighted by molar-refractivity contribution is 6.17. The van der Waals surface area contributed by atoms with Gasteiger partial charge in [-0.3, -0.25) is 4.57 Å². The van der Waals surface area contributed by atoms with E-state index in [1.165, 1.54) is 4.57 Å². The van der Waals surface area contributed by atoms with Crippen molar-refractivity contribution in [2.24, 2.45) is 7.05 Å².